The Hall–Kier alpha value is -4.77. The Morgan fingerprint density at radius 3 is 1.81 bits per heavy atom. The van der Waals surface area contributed by atoms with Crippen LogP contribution in [-0.4, -0.2) is 84.5 Å². The van der Waals surface area contributed by atoms with Crippen molar-refractivity contribution in [2.75, 3.05) is 46.1 Å². The summed E-state index contributed by atoms with van der Waals surface area (Å²) in [6, 6.07) is 27.9. The zero-order valence-corrected chi connectivity index (χ0v) is 58.1. The third-order valence-corrected chi connectivity index (χ3v) is 20.0. The second-order valence-corrected chi connectivity index (χ2v) is 26.8. The van der Waals surface area contributed by atoms with E-state index in [1.807, 2.05) is 134 Å². The Kier molecular flexibility index (Phi) is 23.5. The van der Waals surface area contributed by atoms with E-state index in [4.69, 9.17) is 14.2 Å². The van der Waals surface area contributed by atoms with Crippen molar-refractivity contribution >= 4 is 85.2 Å². The van der Waals surface area contributed by atoms with Gasteiger partial charge in [0, 0.05) is 148 Å². The molecule has 0 saturated heterocycles. The smallest absolute Gasteiger partial charge is 0.258 e. The number of ketones is 2. The van der Waals surface area contributed by atoms with Gasteiger partial charge in [-0.05, 0) is 137 Å². The van der Waals surface area contributed by atoms with Gasteiger partial charge in [-0.2, -0.15) is 0 Å². The van der Waals surface area contributed by atoms with Gasteiger partial charge in [0.2, 0.25) is 11.8 Å². The first-order valence-corrected chi connectivity index (χ1v) is 31.1. The number of ether oxygens (including phenoxy) is 3. The molecule has 4 aliphatic heterocycles. The quantitative estimate of drug-likeness (QED) is 0.0443. The molecule has 0 saturated carbocycles. The Labute approximate surface area is 560 Å². The van der Waals surface area contributed by atoms with E-state index in [-0.39, 0.29) is 149 Å². The van der Waals surface area contributed by atoms with Gasteiger partial charge in [0.1, 0.15) is 24.7 Å². The molecule has 0 aliphatic carbocycles. The molecular formula is C66H78N6O9S2Y2-2. The number of nitrogens with one attached hydrogen (secondary N) is 2. The molecule has 9 rings (SSSR count). The van der Waals surface area contributed by atoms with Crippen LogP contribution in [0.1, 0.15) is 136 Å². The third kappa shape index (κ3) is 15.9. The number of benzene rings is 5. The van der Waals surface area contributed by atoms with Gasteiger partial charge in [0.05, 0.1) is 24.3 Å². The molecule has 19 heteroatoms. The van der Waals surface area contributed by atoms with Crippen molar-refractivity contribution in [3.05, 3.63) is 143 Å². The fraction of sp³-hybridized carbons (Fsp3) is 0.424. The zero-order chi connectivity index (χ0) is 59.4. The number of nitrogens with zero attached hydrogens (tertiary/aromatic N) is 4. The number of Topliss-reactive ketones (excluding diaryl/α,β-unsaturated/α-hetero) is 2. The Morgan fingerprint density at radius 1 is 0.718 bits per heavy atom. The maximum atomic E-state index is 14.3. The molecule has 0 spiro atoms. The molecule has 4 heterocycles. The van der Waals surface area contributed by atoms with Crippen LogP contribution in [0.15, 0.2) is 91.0 Å². The number of anilines is 5. The number of carbonyl (C=O) groups is 6. The summed E-state index contributed by atoms with van der Waals surface area (Å²) in [7, 11) is 8.87. The molecule has 0 bridgehead atoms. The van der Waals surface area contributed by atoms with Crippen molar-refractivity contribution < 1.29 is 108 Å². The number of fused-ring (bicyclic) bond motifs is 8. The summed E-state index contributed by atoms with van der Waals surface area (Å²) >= 11 is 0. The van der Waals surface area contributed by atoms with Crippen molar-refractivity contribution in [3.8, 4) is 17.2 Å². The predicted octanol–water partition coefficient (Wildman–Crippen LogP) is 12.3. The number of hydrogen-bond acceptors (Lipinski definition) is 13. The van der Waals surface area contributed by atoms with Gasteiger partial charge in [-0.15, -0.1) is 0 Å². The van der Waals surface area contributed by atoms with Crippen LogP contribution in [-0.2, 0) is 111 Å². The summed E-state index contributed by atoms with van der Waals surface area (Å²) < 4.78 is 18.8. The third-order valence-electron chi connectivity index (χ3n) is 16.1. The normalized spacial score (nSPS) is 16.8. The van der Waals surface area contributed by atoms with Gasteiger partial charge in [0.15, 0.2) is 17.3 Å². The number of rotatable bonds is 24. The van der Waals surface area contributed by atoms with Gasteiger partial charge in [-0.1, -0.05) is 105 Å². The summed E-state index contributed by atoms with van der Waals surface area (Å²) in [5, 5.41) is 6.35. The van der Waals surface area contributed by atoms with E-state index < -0.39 is 12.0 Å². The van der Waals surface area contributed by atoms with Crippen LogP contribution < -0.4 is 44.4 Å². The first kappa shape index (κ1) is 67.7. The molecule has 5 atom stereocenters. The molecule has 2 N–H and O–H groups in total. The van der Waals surface area contributed by atoms with Crippen LogP contribution in [0.3, 0.4) is 0 Å². The van der Waals surface area contributed by atoms with E-state index in [9.17, 15) is 28.8 Å². The second-order valence-electron chi connectivity index (χ2n) is 23.5. The summed E-state index contributed by atoms with van der Waals surface area (Å²) in [6.45, 7) is 19.9. The maximum Gasteiger partial charge on any atom is 0.258 e. The Morgan fingerprint density at radius 2 is 1.26 bits per heavy atom. The molecule has 2 radical (unpaired) electrons. The van der Waals surface area contributed by atoms with Gasteiger partial charge in [-0.25, -0.2) is 13.1 Å². The maximum absolute atomic E-state index is 14.3. The van der Waals surface area contributed by atoms with E-state index in [1.54, 1.807) is 34.6 Å². The fourth-order valence-corrected chi connectivity index (χ4v) is 14.0. The van der Waals surface area contributed by atoms with Crippen LogP contribution in [0.2, 0.25) is 0 Å². The molecule has 1 unspecified atom stereocenters. The van der Waals surface area contributed by atoms with E-state index in [1.165, 1.54) is 7.11 Å². The first-order chi connectivity index (χ1) is 39.6. The molecule has 4 aliphatic rings. The summed E-state index contributed by atoms with van der Waals surface area (Å²) in [6.07, 6.45) is 4.09. The summed E-state index contributed by atoms with van der Waals surface area (Å²) in [4.78, 5) is 89.8. The molecule has 85 heavy (non-hydrogen) atoms. The molecule has 446 valence electrons. The Balaban J connectivity index is 0.00000518. The monoisotopic (exact) mass is 1340 g/mol. The minimum atomic E-state index is -0.779. The molecule has 0 aromatic heterocycles. The number of hydrogen-bond donors (Lipinski definition) is 2. The number of carbonyl (C=O) groups excluding carboxylic acids is 6. The second kappa shape index (κ2) is 29.5. The number of aryl methyl sites for hydroxylation is 1. The van der Waals surface area contributed by atoms with E-state index in [0.717, 1.165) is 46.6 Å². The van der Waals surface area contributed by atoms with Crippen molar-refractivity contribution in [1.29, 1.82) is 0 Å². The standard InChI is InChI=1S/C66H78N6O9S2.2Y/c1-12-50(73)22-21-42(6)82-83-66(7,8)24-23-61(75)68-62(39(2)3)57(74)26-41(5)63(76)67-47-28-43(37-80-58-33-55-51(25-40(58)4)64(77)71-48(35-69(55)9)30-45-17-13-15-19-53(45)71)27-44(29-47)38-81-60-34-56-52(32-59(60)79-11)65(78)72-49(36-70(56)10)31-46-18-14-16-20-54(46)72;;/h13-20,25,27-29,32-36,39,41-42,48-49,62H,12,21-24,26,30-31,37-38H2,1-11H3,(H,67,76)(H,68,75);;/q-2;;/t41-,42?,48+,49+,62+;;/m1../s1. The fourth-order valence-electron chi connectivity index (χ4n) is 11.3. The van der Waals surface area contributed by atoms with Gasteiger partial charge < -0.3 is 44.4 Å². The molecular weight excluding hydrogens is 1260 g/mol. The minimum absolute atomic E-state index is 0. The number of methoxy groups -OCH3 is 1. The van der Waals surface area contributed by atoms with Crippen LogP contribution in [0.5, 0.6) is 17.2 Å². The van der Waals surface area contributed by atoms with Crippen molar-refractivity contribution in [2.24, 2.45) is 11.8 Å². The van der Waals surface area contributed by atoms with E-state index in [2.05, 4.69) is 56.6 Å². The SMILES string of the molecule is CCC(=O)CCC(C)SSC(C)(C)CCC(=O)N[C@H](C(=O)C[C@@H](C)C(=O)Nc1cc(COc2cc3c(cc2C)C(=O)N2c4ccccc4C[C@H]2[CH-]N3C)cc(COc2cc3c(cc2OC)C(=O)N2c4ccccc4C[C@H]2[CH-]N3C)c1)C(C)C.[Y].[Y]. The van der Waals surface area contributed by atoms with Crippen LogP contribution >= 0.6 is 21.6 Å². The van der Waals surface area contributed by atoms with Gasteiger partial charge >= 0.3 is 0 Å². The van der Waals surface area contributed by atoms with Gasteiger partial charge in [0.25, 0.3) is 11.8 Å². The summed E-state index contributed by atoms with van der Waals surface area (Å²) in [5.74, 6) is -0.363. The molecule has 5 aromatic rings. The molecule has 5 aromatic carbocycles. The predicted molar refractivity (Wildman–Crippen MR) is 333 cm³/mol. The average molecular weight is 1340 g/mol. The summed E-state index contributed by atoms with van der Waals surface area (Å²) in [5.41, 5.74) is 9.14. The minimum Gasteiger partial charge on any atom is -0.522 e. The van der Waals surface area contributed by atoms with Crippen molar-refractivity contribution in [3.63, 3.8) is 0 Å². The van der Waals surface area contributed by atoms with Crippen molar-refractivity contribution in [2.45, 2.75) is 148 Å². The molecule has 0 fully saturated rings. The molecule has 15 nitrogen and oxygen atoms in total. The average Bonchev–Trinajstić information content (AvgIpc) is 3.21. The number of para-hydroxylation sites is 2. The van der Waals surface area contributed by atoms with E-state index in [0.29, 0.717) is 81.8 Å². The van der Waals surface area contributed by atoms with Crippen LogP contribution in [0.4, 0.5) is 28.4 Å². The van der Waals surface area contributed by atoms with Crippen molar-refractivity contribution in [1.82, 2.24) is 5.32 Å². The largest absolute Gasteiger partial charge is 0.522 e. The van der Waals surface area contributed by atoms with Gasteiger partial charge in [-0.3, -0.25) is 28.8 Å². The Bertz CT molecular complexity index is 3310. The molecule has 4 amide bonds. The number of amides is 4. The number of likely N-dealkylation sites (N-methyl/N-ethyl adjacent to an activating group) is 2. The van der Waals surface area contributed by atoms with E-state index >= 15 is 0 Å². The zero-order valence-electron chi connectivity index (χ0n) is 50.8. The van der Waals surface area contributed by atoms with Crippen LogP contribution in [0.25, 0.3) is 0 Å². The topological polar surface area (TPSA) is 167 Å². The first-order valence-electron chi connectivity index (χ1n) is 28.8. The van der Waals surface area contributed by atoms with Crippen LogP contribution in [0, 0.1) is 31.8 Å².